The predicted octanol–water partition coefficient (Wildman–Crippen LogP) is 1.61. The normalized spacial score (nSPS) is 10.2. The maximum atomic E-state index is 8.40. The summed E-state index contributed by atoms with van der Waals surface area (Å²) in [5.41, 5.74) is 1.21. The van der Waals surface area contributed by atoms with Gasteiger partial charge in [-0.25, -0.2) is 0 Å². The van der Waals surface area contributed by atoms with E-state index in [1.54, 1.807) is 4.68 Å². The van der Waals surface area contributed by atoms with E-state index in [1.165, 1.54) is 5.56 Å². The molecule has 1 heterocycles. The lowest BCUT2D eigenvalue weighted by Crippen LogP contribution is -1.95. The van der Waals surface area contributed by atoms with Crippen molar-refractivity contribution in [3.05, 3.63) is 18.0 Å². The van der Waals surface area contributed by atoms with Crippen LogP contribution < -0.4 is 0 Å². The molecule has 0 saturated heterocycles. The SMILES string of the molecule is CC(C)Cc1cnn(CC#N)c1. The van der Waals surface area contributed by atoms with E-state index >= 15 is 0 Å². The molecule has 0 radical (unpaired) electrons. The lowest BCUT2D eigenvalue weighted by molar-refractivity contribution is 0.645. The van der Waals surface area contributed by atoms with Crippen molar-refractivity contribution in [1.82, 2.24) is 9.78 Å². The number of aromatic nitrogens is 2. The highest BCUT2D eigenvalue weighted by Crippen LogP contribution is 2.05. The van der Waals surface area contributed by atoms with Gasteiger partial charge in [0.25, 0.3) is 0 Å². The lowest BCUT2D eigenvalue weighted by atomic mass is 10.1. The van der Waals surface area contributed by atoms with Crippen molar-refractivity contribution in [3.8, 4) is 6.07 Å². The van der Waals surface area contributed by atoms with Crippen LogP contribution in [0.4, 0.5) is 0 Å². The summed E-state index contributed by atoms with van der Waals surface area (Å²) < 4.78 is 1.66. The van der Waals surface area contributed by atoms with Crippen molar-refractivity contribution in [1.29, 1.82) is 5.26 Å². The number of hydrogen-bond acceptors (Lipinski definition) is 2. The Labute approximate surface area is 72.6 Å². The van der Waals surface area contributed by atoms with Gasteiger partial charge in [-0.05, 0) is 17.9 Å². The fourth-order valence-electron chi connectivity index (χ4n) is 1.14. The highest BCUT2D eigenvalue weighted by atomic mass is 15.3. The molecule has 3 nitrogen and oxygen atoms in total. The zero-order valence-corrected chi connectivity index (χ0v) is 7.49. The molecule has 1 aromatic heterocycles. The van der Waals surface area contributed by atoms with E-state index in [4.69, 9.17) is 5.26 Å². The summed E-state index contributed by atoms with van der Waals surface area (Å²) in [5.74, 6) is 0.643. The van der Waals surface area contributed by atoms with Crippen molar-refractivity contribution in [2.45, 2.75) is 26.8 Å². The third-order valence-corrected chi connectivity index (χ3v) is 1.56. The second-order valence-electron chi connectivity index (χ2n) is 3.30. The van der Waals surface area contributed by atoms with E-state index in [9.17, 15) is 0 Å². The quantitative estimate of drug-likeness (QED) is 0.679. The minimum atomic E-state index is 0.345. The molecule has 12 heavy (non-hydrogen) atoms. The third kappa shape index (κ3) is 2.39. The predicted molar refractivity (Wildman–Crippen MR) is 46.4 cm³/mol. The number of nitriles is 1. The van der Waals surface area contributed by atoms with Gasteiger partial charge in [0.05, 0.1) is 12.3 Å². The van der Waals surface area contributed by atoms with Crippen LogP contribution >= 0.6 is 0 Å². The number of rotatable bonds is 3. The van der Waals surface area contributed by atoms with Crippen LogP contribution in [0.1, 0.15) is 19.4 Å². The summed E-state index contributed by atoms with van der Waals surface area (Å²) in [6, 6.07) is 2.05. The molecule has 0 unspecified atom stereocenters. The summed E-state index contributed by atoms with van der Waals surface area (Å²) in [6.45, 7) is 4.68. The molecule has 0 bridgehead atoms. The van der Waals surface area contributed by atoms with Crippen molar-refractivity contribution in [2.24, 2.45) is 5.92 Å². The van der Waals surface area contributed by atoms with Gasteiger partial charge in [0.15, 0.2) is 0 Å². The van der Waals surface area contributed by atoms with Crippen LogP contribution in [0.2, 0.25) is 0 Å². The Morgan fingerprint density at radius 2 is 2.42 bits per heavy atom. The van der Waals surface area contributed by atoms with Gasteiger partial charge in [-0.2, -0.15) is 10.4 Å². The molecule has 0 amide bonds. The first-order valence-corrected chi connectivity index (χ1v) is 4.10. The van der Waals surface area contributed by atoms with Crippen LogP contribution in [0, 0.1) is 17.2 Å². The van der Waals surface area contributed by atoms with Crippen molar-refractivity contribution < 1.29 is 0 Å². The van der Waals surface area contributed by atoms with Crippen LogP contribution in [0.5, 0.6) is 0 Å². The highest BCUT2D eigenvalue weighted by molar-refractivity contribution is 5.04. The Morgan fingerprint density at radius 1 is 1.67 bits per heavy atom. The van der Waals surface area contributed by atoms with E-state index in [2.05, 4.69) is 25.0 Å². The minimum absolute atomic E-state index is 0.345. The Balaban J connectivity index is 2.59. The maximum Gasteiger partial charge on any atom is 0.128 e. The summed E-state index contributed by atoms with van der Waals surface area (Å²) in [4.78, 5) is 0. The molecule has 0 aromatic carbocycles. The molecule has 1 rings (SSSR count). The van der Waals surface area contributed by atoms with Gasteiger partial charge in [0.2, 0.25) is 0 Å². The average Bonchev–Trinajstić information content (AvgIpc) is 2.36. The molecule has 3 heteroatoms. The van der Waals surface area contributed by atoms with E-state index in [0.29, 0.717) is 12.5 Å². The van der Waals surface area contributed by atoms with E-state index in [1.807, 2.05) is 12.4 Å². The Kier molecular flexibility index (Phi) is 2.87. The Hall–Kier alpha value is -1.30. The zero-order chi connectivity index (χ0) is 8.97. The third-order valence-electron chi connectivity index (χ3n) is 1.56. The molecule has 64 valence electrons. The summed E-state index contributed by atoms with van der Waals surface area (Å²) in [6.07, 6.45) is 4.80. The molecule has 0 aliphatic heterocycles. The molecule has 0 aliphatic rings. The molecule has 0 saturated carbocycles. The Morgan fingerprint density at radius 3 is 3.00 bits per heavy atom. The van der Waals surface area contributed by atoms with Crippen LogP contribution in [0.3, 0.4) is 0 Å². The summed E-state index contributed by atoms with van der Waals surface area (Å²) >= 11 is 0. The fourth-order valence-corrected chi connectivity index (χ4v) is 1.14. The molecule has 1 aromatic rings. The van der Waals surface area contributed by atoms with Crippen LogP contribution in [-0.2, 0) is 13.0 Å². The topological polar surface area (TPSA) is 41.6 Å². The van der Waals surface area contributed by atoms with Crippen LogP contribution in [0.15, 0.2) is 12.4 Å². The summed E-state index contributed by atoms with van der Waals surface area (Å²) in [7, 11) is 0. The standard InChI is InChI=1S/C9H13N3/c1-8(2)5-9-6-11-12(7-9)4-3-10/h6-8H,4-5H2,1-2H3. The largest absolute Gasteiger partial charge is 0.258 e. The summed E-state index contributed by atoms with van der Waals surface area (Å²) in [5, 5.41) is 12.5. The molecule has 0 aliphatic carbocycles. The second-order valence-corrected chi connectivity index (χ2v) is 3.30. The molecule has 0 fully saturated rings. The van der Waals surface area contributed by atoms with E-state index in [-0.39, 0.29) is 0 Å². The molecule has 0 N–H and O–H groups in total. The molecule has 0 atom stereocenters. The molecule has 0 spiro atoms. The van der Waals surface area contributed by atoms with Gasteiger partial charge < -0.3 is 0 Å². The van der Waals surface area contributed by atoms with Gasteiger partial charge in [-0.1, -0.05) is 13.8 Å². The Bertz CT molecular complexity index is 280. The van der Waals surface area contributed by atoms with Gasteiger partial charge in [0.1, 0.15) is 6.54 Å². The van der Waals surface area contributed by atoms with Gasteiger partial charge in [0, 0.05) is 6.20 Å². The van der Waals surface area contributed by atoms with Crippen LogP contribution in [0.25, 0.3) is 0 Å². The maximum absolute atomic E-state index is 8.40. The van der Waals surface area contributed by atoms with Gasteiger partial charge in [-0.3, -0.25) is 4.68 Å². The first-order valence-electron chi connectivity index (χ1n) is 4.10. The number of hydrogen-bond donors (Lipinski definition) is 0. The minimum Gasteiger partial charge on any atom is -0.258 e. The number of nitrogens with zero attached hydrogens (tertiary/aromatic N) is 3. The van der Waals surface area contributed by atoms with E-state index in [0.717, 1.165) is 6.42 Å². The fraction of sp³-hybridized carbons (Fsp3) is 0.556. The average molecular weight is 163 g/mol. The van der Waals surface area contributed by atoms with E-state index < -0.39 is 0 Å². The first-order chi connectivity index (χ1) is 5.72. The molecular weight excluding hydrogens is 150 g/mol. The van der Waals surface area contributed by atoms with Crippen LogP contribution in [-0.4, -0.2) is 9.78 Å². The smallest absolute Gasteiger partial charge is 0.128 e. The van der Waals surface area contributed by atoms with Crippen molar-refractivity contribution in [2.75, 3.05) is 0 Å². The van der Waals surface area contributed by atoms with Gasteiger partial charge in [-0.15, -0.1) is 0 Å². The molecular formula is C9H13N3. The van der Waals surface area contributed by atoms with Crippen molar-refractivity contribution in [3.63, 3.8) is 0 Å². The first kappa shape index (κ1) is 8.79. The zero-order valence-electron chi connectivity index (χ0n) is 7.49. The lowest BCUT2D eigenvalue weighted by Gasteiger charge is -1.98. The monoisotopic (exact) mass is 163 g/mol. The van der Waals surface area contributed by atoms with Crippen molar-refractivity contribution >= 4 is 0 Å². The second kappa shape index (κ2) is 3.91. The highest BCUT2D eigenvalue weighted by Gasteiger charge is 2.00. The van der Waals surface area contributed by atoms with Gasteiger partial charge >= 0.3 is 0 Å².